The Morgan fingerprint density at radius 3 is 2.74 bits per heavy atom. The van der Waals surface area contributed by atoms with Gasteiger partial charge in [0.15, 0.2) is 11.5 Å². The van der Waals surface area contributed by atoms with Crippen molar-refractivity contribution in [1.82, 2.24) is 20.4 Å². The molecule has 1 unspecified atom stereocenters. The van der Waals surface area contributed by atoms with Crippen molar-refractivity contribution in [3.05, 3.63) is 28.2 Å². The van der Waals surface area contributed by atoms with Crippen molar-refractivity contribution >= 4 is 29.0 Å². The van der Waals surface area contributed by atoms with Crippen molar-refractivity contribution in [2.45, 2.75) is 57.0 Å². The number of fused-ring (bicyclic) bond motifs is 1. The molecule has 2 N–H and O–H groups in total. The normalized spacial score (nSPS) is 20.6. The summed E-state index contributed by atoms with van der Waals surface area (Å²) < 4.78 is 10.6. The van der Waals surface area contributed by atoms with Crippen molar-refractivity contribution in [3.63, 3.8) is 0 Å². The minimum Gasteiger partial charge on any atom is -0.454 e. The van der Waals surface area contributed by atoms with E-state index in [0.29, 0.717) is 28.7 Å². The summed E-state index contributed by atoms with van der Waals surface area (Å²) in [6.07, 6.45) is 7.44. The standard InChI is InChI=1S/C21H25N5O4S/c27-18(22-14-8-9-16-17(11-14)30-12-29-16)20-25-24-19(31-20)15-7-4-10-26(15)21(28)23-13-5-2-1-3-6-13/h8-9,11,13,15H,1-7,10,12H2,(H,22,27)(H,23,28). The fraction of sp³-hybridized carbons (Fsp3) is 0.524. The zero-order chi connectivity index (χ0) is 21.2. The van der Waals surface area contributed by atoms with Crippen LogP contribution >= 0.6 is 11.3 Å². The van der Waals surface area contributed by atoms with Gasteiger partial charge in [0, 0.05) is 24.3 Å². The third-order valence-electron chi connectivity index (χ3n) is 6.00. The summed E-state index contributed by atoms with van der Waals surface area (Å²) in [6.45, 7) is 0.875. The number of aromatic nitrogens is 2. The average Bonchev–Trinajstić information content (AvgIpc) is 3.53. The first-order valence-electron chi connectivity index (χ1n) is 10.8. The number of carbonyl (C=O) groups excluding carboxylic acids is 2. The van der Waals surface area contributed by atoms with Crippen LogP contribution in [0.2, 0.25) is 0 Å². The predicted octanol–water partition coefficient (Wildman–Crippen LogP) is 3.70. The Labute approximate surface area is 184 Å². The Morgan fingerprint density at radius 1 is 1.03 bits per heavy atom. The molecular formula is C21H25N5O4S. The molecule has 0 radical (unpaired) electrons. The molecule has 1 saturated carbocycles. The predicted molar refractivity (Wildman–Crippen MR) is 115 cm³/mol. The van der Waals surface area contributed by atoms with Crippen molar-refractivity contribution < 1.29 is 19.1 Å². The molecule has 1 saturated heterocycles. The largest absolute Gasteiger partial charge is 0.454 e. The van der Waals surface area contributed by atoms with E-state index in [2.05, 4.69) is 20.8 Å². The van der Waals surface area contributed by atoms with E-state index in [9.17, 15) is 9.59 Å². The number of hydrogen-bond acceptors (Lipinski definition) is 7. The van der Waals surface area contributed by atoms with Crippen LogP contribution in [0.5, 0.6) is 11.5 Å². The summed E-state index contributed by atoms with van der Waals surface area (Å²) in [5.41, 5.74) is 0.598. The molecule has 164 valence electrons. The number of likely N-dealkylation sites (tertiary alicyclic amines) is 1. The first kappa shape index (κ1) is 20.0. The second-order valence-electron chi connectivity index (χ2n) is 8.10. The highest BCUT2D eigenvalue weighted by molar-refractivity contribution is 7.13. The van der Waals surface area contributed by atoms with E-state index in [4.69, 9.17) is 9.47 Å². The second-order valence-corrected chi connectivity index (χ2v) is 9.11. The van der Waals surface area contributed by atoms with E-state index < -0.39 is 0 Å². The van der Waals surface area contributed by atoms with Crippen molar-refractivity contribution in [2.75, 3.05) is 18.7 Å². The third kappa shape index (κ3) is 4.30. The number of anilines is 1. The maximum atomic E-state index is 12.8. The smallest absolute Gasteiger partial charge is 0.318 e. The van der Waals surface area contributed by atoms with E-state index in [1.165, 1.54) is 30.6 Å². The van der Waals surface area contributed by atoms with E-state index in [1.807, 2.05) is 4.90 Å². The molecule has 3 heterocycles. The van der Waals surface area contributed by atoms with Crippen LogP contribution in [0, 0.1) is 0 Å². The van der Waals surface area contributed by atoms with Crippen molar-refractivity contribution in [1.29, 1.82) is 0 Å². The van der Waals surface area contributed by atoms with Crippen LogP contribution in [-0.4, -0.2) is 46.4 Å². The number of ether oxygens (including phenoxy) is 2. The SMILES string of the molecule is O=C(Nc1ccc2c(c1)OCO2)c1nnc(C2CCCN2C(=O)NC2CCCCC2)s1. The summed E-state index contributed by atoms with van der Waals surface area (Å²) in [7, 11) is 0. The van der Waals surface area contributed by atoms with Crippen LogP contribution < -0.4 is 20.1 Å². The van der Waals surface area contributed by atoms with Gasteiger partial charge in [-0.1, -0.05) is 30.6 Å². The highest BCUT2D eigenvalue weighted by Crippen LogP contribution is 2.36. The minimum atomic E-state index is -0.334. The number of hydrogen-bond donors (Lipinski definition) is 2. The number of nitrogens with one attached hydrogen (secondary N) is 2. The van der Waals surface area contributed by atoms with Gasteiger partial charge in [-0.3, -0.25) is 4.79 Å². The van der Waals surface area contributed by atoms with Gasteiger partial charge in [0.2, 0.25) is 11.8 Å². The molecule has 2 aliphatic heterocycles. The maximum Gasteiger partial charge on any atom is 0.318 e. The Morgan fingerprint density at radius 2 is 1.87 bits per heavy atom. The molecule has 2 aromatic rings. The number of rotatable bonds is 4. The van der Waals surface area contributed by atoms with Gasteiger partial charge in [0.05, 0.1) is 6.04 Å². The van der Waals surface area contributed by atoms with Gasteiger partial charge in [-0.25, -0.2) is 4.79 Å². The van der Waals surface area contributed by atoms with Crippen LogP contribution in [0.4, 0.5) is 10.5 Å². The van der Waals surface area contributed by atoms with Gasteiger partial charge in [-0.15, -0.1) is 10.2 Å². The fourth-order valence-electron chi connectivity index (χ4n) is 4.39. The third-order valence-corrected chi connectivity index (χ3v) is 7.02. The first-order chi connectivity index (χ1) is 15.2. The molecule has 1 atom stereocenters. The molecule has 1 aromatic carbocycles. The lowest BCUT2D eigenvalue weighted by Gasteiger charge is -2.28. The minimum absolute atomic E-state index is 0.0315. The summed E-state index contributed by atoms with van der Waals surface area (Å²) in [4.78, 5) is 27.3. The average molecular weight is 444 g/mol. The van der Waals surface area contributed by atoms with E-state index in [1.54, 1.807) is 18.2 Å². The summed E-state index contributed by atoms with van der Waals surface area (Å²) in [5, 5.41) is 15.3. The van der Waals surface area contributed by atoms with Gasteiger partial charge in [-0.05, 0) is 37.8 Å². The van der Waals surface area contributed by atoms with E-state index >= 15 is 0 Å². The molecule has 0 spiro atoms. The molecule has 1 aliphatic carbocycles. The Balaban J connectivity index is 1.23. The fourth-order valence-corrected chi connectivity index (χ4v) is 5.28. The van der Waals surface area contributed by atoms with Crippen molar-refractivity contribution in [2.24, 2.45) is 0 Å². The summed E-state index contributed by atoms with van der Waals surface area (Å²) in [6, 6.07) is 5.33. The number of urea groups is 1. The highest BCUT2D eigenvalue weighted by Gasteiger charge is 2.34. The van der Waals surface area contributed by atoms with Crippen LogP contribution in [0.1, 0.15) is 65.8 Å². The Hall–Kier alpha value is -2.88. The molecule has 31 heavy (non-hydrogen) atoms. The van der Waals surface area contributed by atoms with Crippen LogP contribution in [0.3, 0.4) is 0 Å². The molecule has 5 rings (SSSR count). The van der Waals surface area contributed by atoms with Gasteiger partial charge in [0.1, 0.15) is 5.01 Å². The lowest BCUT2D eigenvalue weighted by molar-refractivity contribution is 0.102. The first-order valence-corrected chi connectivity index (χ1v) is 11.6. The lowest BCUT2D eigenvalue weighted by atomic mass is 9.96. The Bertz CT molecular complexity index is 974. The molecule has 1 aromatic heterocycles. The van der Waals surface area contributed by atoms with Crippen LogP contribution in [0.15, 0.2) is 18.2 Å². The topological polar surface area (TPSA) is 106 Å². The second kappa shape index (κ2) is 8.70. The van der Waals surface area contributed by atoms with E-state index in [0.717, 1.165) is 25.7 Å². The molecule has 3 aliphatic rings. The molecule has 10 heteroatoms. The molecule has 9 nitrogen and oxygen atoms in total. The monoisotopic (exact) mass is 443 g/mol. The Kier molecular flexibility index (Phi) is 5.63. The van der Waals surface area contributed by atoms with E-state index in [-0.39, 0.29) is 35.8 Å². The molecule has 0 bridgehead atoms. The van der Waals surface area contributed by atoms with Gasteiger partial charge in [-0.2, -0.15) is 0 Å². The van der Waals surface area contributed by atoms with Crippen molar-refractivity contribution in [3.8, 4) is 11.5 Å². The summed E-state index contributed by atoms with van der Waals surface area (Å²) >= 11 is 1.24. The summed E-state index contributed by atoms with van der Waals surface area (Å²) in [5.74, 6) is 0.921. The number of carbonyl (C=O) groups is 2. The maximum absolute atomic E-state index is 12.8. The highest BCUT2D eigenvalue weighted by atomic mass is 32.1. The number of amides is 3. The molecule has 2 fully saturated rings. The van der Waals surface area contributed by atoms with Crippen LogP contribution in [0.25, 0.3) is 0 Å². The van der Waals surface area contributed by atoms with Gasteiger partial charge >= 0.3 is 6.03 Å². The molecular weight excluding hydrogens is 418 g/mol. The zero-order valence-corrected chi connectivity index (χ0v) is 18.0. The van der Waals surface area contributed by atoms with Gasteiger partial charge < -0.3 is 25.0 Å². The van der Waals surface area contributed by atoms with Gasteiger partial charge in [0.25, 0.3) is 5.91 Å². The lowest BCUT2D eigenvalue weighted by Crippen LogP contribution is -2.45. The number of nitrogens with zero attached hydrogens (tertiary/aromatic N) is 3. The zero-order valence-electron chi connectivity index (χ0n) is 17.1. The quantitative estimate of drug-likeness (QED) is 0.746. The van der Waals surface area contributed by atoms with Crippen LogP contribution in [-0.2, 0) is 0 Å². The molecule has 3 amide bonds. The number of benzene rings is 1.